The molecule has 0 atom stereocenters. The van der Waals surface area contributed by atoms with Crippen LogP contribution in [-0.2, 0) is 11.2 Å². The van der Waals surface area contributed by atoms with Gasteiger partial charge in [0.1, 0.15) is 0 Å². The molecule has 21 heavy (non-hydrogen) atoms. The molecule has 0 aromatic heterocycles. The zero-order valence-electron chi connectivity index (χ0n) is 12.2. The Morgan fingerprint density at radius 1 is 1.05 bits per heavy atom. The predicted molar refractivity (Wildman–Crippen MR) is 82.7 cm³/mol. The summed E-state index contributed by atoms with van der Waals surface area (Å²) >= 11 is 0. The van der Waals surface area contributed by atoms with Crippen LogP contribution in [0.5, 0.6) is 0 Å². The van der Waals surface area contributed by atoms with E-state index in [2.05, 4.69) is 5.32 Å². The van der Waals surface area contributed by atoms with Gasteiger partial charge in [-0.3, -0.25) is 9.59 Å². The van der Waals surface area contributed by atoms with E-state index in [0.717, 1.165) is 27.9 Å². The summed E-state index contributed by atoms with van der Waals surface area (Å²) in [5, 5.41) is 2.84. The number of amides is 1. The highest BCUT2D eigenvalue weighted by atomic mass is 16.1. The Kier molecular flexibility index (Phi) is 3.34. The Hall–Kier alpha value is -2.42. The normalized spacial score (nSPS) is 13.5. The molecule has 106 valence electrons. The Morgan fingerprint density at radius 2 is 1.86 bits per heavy atom. The molecule has 3 rings (SSSR count). The first-order valence-electron chi connectivity index (χ1n) is 7.09. The van der Waals surface area contributed by atoms with Crippen LogP contribution in [0.4, 0.5) is 5.69 Å². The molecule has 0 unspecified atom stereocenters. The van der Waals surface area contributed by atoms with Crippen LogP contribution in [0, 0.1) is 13.8 Å². The van der Waals surface area contributed by atoms with Crippen molar-refractivity contribution in [2.45, 2.75) is 26.7 Å². The van der Waals surface area contributed by atoms with E-state index in [1.54, 1.807) is 6.07 Å². The first-order valence-corrected chi connectivity index (χ1v) is 7.09. The van der Waals surface area contributed by atoms with E-state index in [4.69, 9.17) is 0 Å². The fourth-order valence-corrected chi connectivity index (χ4v) is 2.66. The maximum absolute atomic E-state index is 12.7. The molecular formula is C18H17NO2. The number of aryl methyl sites for hydroxylation is 3. The van der Waals surface area contributed by atoms with E-state index in [9.17, 15) is 9.59 Å². The number of anilines is 1. The average molecular weight is 279 g/mol. The van der Waals surface area contributed by atoms with Gasteiger partial charge in [0, 0.05) is 23.2 Å². The monoisotopic (exact) mass is 279 g/mol. The van der Waals surface area contributed by atoms with Gasteiger partial charge in [-0.1, -0.05) is 17.7 Å². The maximum atomic E-state index is 12.7. The number of nitrogens with one attached hydrogen (secondary N) is 1. The SMILES string of the molecule is Cc1ccc(C)c(C(=O)c2ccc3c(c2)CCC(=O)N3)c1. The van der Waals surface area contributed by atoms with Crippen molar-refractivity contribution in [1.82, 2.24) is 0 Å². The molecule has 2 aromatic carbocycles. The Morgan fingerprint density at radius 3 is 2.67 bits per heavy atom. The molecule has 2 aromatic rings. The highest BCUT2D eigenvalue weighted by molar-refractivity contribution is 6.10. The molecule has 1 amide bonds. The first kappa shape index (κ1) is 13.6. The third-order valence-corrected chi connectivity index (χ3v) is 3.90. The molecule has 3 heteroatoms. The van der Waals surface area contributed by atoms with Crippen molar-refractivity contribution in [1.29, 1.82) is 0 Å². The van der Waals surface area contributed by atoms with E-state index in [1.807, 2.05) is 44.2 Å². The quantitative estimate of drug-likeness (QED) is 0.856. The van der Waals surface area contributed by atoms with Gasteiger partial charge < -0.3 is 5.32 Å². The Bertz CT molecular complexity index is 747. The molecule has 1 heterocycles. The molecule has 0 radical (unpaired) electrons. The lowest BCUT2D eigenvalue weighted by Crippen LogP contribution is -2.19. The largest absolute Gasteiger partial charge is 0.326 e. The van der Waals surface area contributed by atoms with Crippen molar-refractivity contribution >= 4 is 17.4 Å². The highest BCUT2D eigenvalue weighted by Crippen LogP contribution is 2.25. The van der Waals surface area contributed by atoms with Crippen molar-refractivity contribution in [3.05, 3.63) is 64.2 Å². The van der Waals surface area contributed by atoms with Crippen LogP contribution >= 0.6 is 0 Å². The van der Waals surface area contributed by atoms with Gasteiger partial charge in [0.05, 0.1) is 0 Å². The molecule has 3 nitrogen and oxygen atoms in total. The van der Waals surface area contributed by atoms with Crippen molar-refractivity contribution in [2.75, 3.05) is 5.32 Å². The van der Waals surface area contributed by atoms with E-state index in [1.165, 1.54) is 0 Å². The van der Waals surface area contributed by atoms with E-state index in [0.29, 0.717) is 18.4 Å². The molecule has 0 bridgehead atoms. The molecule has 0 spiro atoms. The van der Waals surface area contributed by atoms with Crippen LogP contribution in [-0.4, -0.2) is 11.7 Å². The van der Waals surface area contributed by atoms with Crippen molar-refractivity contribution < 1.29 is 9.59 Å². The van der Waals surface area contributed by atoms with Crippen LogP contribution in [0.25, 0.3) is 0 Å². The fourth-order valence-electron chi connectivity index (χ4n) is 2.66. The molecule has 1 aliphatic rings. The number of hydrogen-bond donors (Lipinski definition) is 1. The third kappa shape index (κ3) is 2.59. The molecule has 1 aliphatic heterocycles. The number of carbonyl (C=O) groups is 2. The van der Waals surface area contributed by atoms with E-state index >= 15 is 0 Å². The summed E-state index contributed by atoms with van der Waals surface area (Å²) in [6, 6.07) is 11.4. The number of ketones is 1. The van der Waals surface area contributed by atoms with Gasteiger partial charge in [0.15, 0.2) is 5.78 Å². The summed E-state index contributed by atoms with van der Waals surface area (Å²) in [4.78, 5) is 24.1. The smallest absolute Gasteiger partial charge is 0.224 e. The van der Waals surface area contributed by atoms with Crippen LogP contribution in [0.15, 0.2) is 36.4 Å². The van der Waals surface area contributed by atoms with Gasteiger partial charge in [0.25, 0.3) is 0 Å². The first-order chi connectivity index (χ1) is 10.0. The lowest BCUT2D eigenvalue weighted by atomic mass is 9.94. The second-order valence-electron chi connectivity index (χ2n) is 5.57. The molecule has 0 saturated heterocycles. The van der Waals surface area contributed by atoms with Gasteiger partial charge in [-0.15, -0.1) is 0 Å². The van der Waals surface area contributed by atoms with Crippen molar-refractivity contribution in [3.8, 4) is 0 Å². The molecule has 0 fully saturated rings. The van der Waals surface area contributed by atoms with Gasteiger partial charge in [-0.25, -0.2) is 0 Å². The summed E-state index contributed by atoms with van der Waals surface area (Å²) < 4.78 is 0. The van der Waals surface area contributed by atoms with E-state index in [-0.39, 0.29) is 11.7 Å². The highest BCUT2D eigenvalue weighted by Gasteiger charge is 2.18. The van der Waals surface area contributed by atoms with Gasteiger partial charge in [0.2, 0.25) is 5.91 Å². The lowest BCUT2D eigenvalue weighted by Gasteiger charge is -2.17. The number of fused-ring (bicyclic) bond motifs is 1. The molecule has 1 N–H and O–H groups in total. The minimum absolute atomic E-state index is 0.0379. The Labute approximate surface area is 124 Å². The van der Waals surface area contributed by atoms with Crippen LogP contribution in [0.2, 0.25) is 0 Å². The number of hydrogen-bond acceptors (Lipinski definition) is 2. The molecule has 0 saturated carbocycles. The summed E-state index contributed by atoms with van der Waals surface area (Å²) in [6.45, 7) is 3.93. The second-order valence-corrected chi connectivity index (χ2v) is 5.57. The average Bonchev–Trinajstić information content (AvgIpc) is 2.48. The number of carbonyl (C=O) groups excluding carboxylic acids is 2. The lowest BCUT2D eigenvalue weighted by molar-refractivity contribution is -0.116. The van der Waals surface area contributed by atoms with Gasteiger partial charge in [-0.2, -0.15) is 0 Å². The fraction of sp³-hybridized carbons (Fsp3) is 0.222. The number of rotatable bonds is 2. The second kappa shape index (κ2) is 5.17. The number of benzene rings is 2. The third-order valence-electron chi connectivity index (χ3n) is 3.90. The minimum Gasteiger partial charge on any atom is -0.326 e. The summed E-state index contributed by atoms with van der Waals surface area (Å²) in [7, 11) is 0. The predicted octanol–water partition coefficient (Wildman–Crippen LogP) is 3.42. The topological polar surface area (TPSA) is 46.2 Å². The van der Waals surface area contributed by atoms with Crippen LogP contribution in [0.3, 0.4) is 0 Å². The van der Waals surface area contributed by atoms with E-state index < -0.39 is 0 Å². The molecular weight excluding hydrogens is 262 g/mol. The van der Waals surface area contributed by atoms with Crippen LogP contribution in [0.1, 0.15) is 39.0 Å². The van der Waals surface area contributed by atoms with Crippen LogP contribution < -0.4 is 5.32 Å². The summed E-state index contributed by atoms with van der Waals surface area (Å²) in [5.41, 5.74) is 5.34. The van der Waals surface area contributed by atoms with Gasteiger partial charge in [-0.05, 0) is 55.7 Å². The Balaban J connectivity index is 1.99. The summed E-state index contributed by atoms with van der Waals surface area (Å²) in [6.07, 6.45) is 1.17. The van der Waals surface area contributed by atoms with Gasteiger partial charge >= 0.3 is 0 Å². The van der Waals surface area contributed by atoms with Crippen molar-refractivity contribution in [2.24, 2.45) is 0 Å². The standard InChI is InChI=1S/C18H17NO2/c1-11-3-4-12(2)15(9-11)18(21)14-5-7-16-13(10-14)6-8-17(20)19-16/h3-5,7,9-10H,6,8H2,1-2H3,(H,19,20). The zero-order valence-corrected chi connectivity index (χ0v) is 12.2. The maximum Gasteiger partial charge on any atom is 0.224 e. The zero-order chi connectivity index (χ0) is 15.0. The minimum atomic E-state index is 0.0379. The molecule has 0 aliphatic carbocycles. The summed E-state index contributed by atoms with van der Waals surface area (Å²) in [5.74, 6) is 0.0759. The van der Waals surface area contributed by atoms with Crippen molar-refractivity contribution in [3.63, 3.8) is 0 Å².